The Morgan fingerprint density at radius 3 is 2.20 bits per heavy atom. The number of nitrogens with one attached hydrogen (secondary N) is 1. The van der Waals surface area contributed by atoms with E-state index >= 15 is 0 Å². The summed E-state index contributed by atoms with van der Waals surface area (Å²) in [6, 6.07) is 14.9. The Morgan fingerprint density at radius 2 is 1.60 bits per heavy atom. The standard InChI is InChI=1S/C32H34Cl2F3N3O4S/c1-2-28(31(42)38-25-9-5-3-6-10-25)39(20-22-13-16-24(33)17-14-22)30(41)21-40(45(43,44)26-11-7-4-8-12-26)29-19-23(32(35,36)37)15-18-27(29)34/h4,7-8,11-19,25,28H,2-3,5-6,9-10,20-21H2,1H3,(H,38,42)/t28-/m0/s1. The topological polar surface area (TPSA) is 86.8 Å². The van der Waals surface area contributed by atoms with E-state index in [2.05, 4.69) is 5.32 Å². The number of anilines is 1. The molecule has 2 amide bonds. The molecule has 1 atom stereocenters. The van der Waals surface area contributed by atoms with Crippen molar-refractivity contribution in [2.75, 3.05) is 10.8 Å². The van der Waals surface area contributed by atoms with Crippen LogP contribution >= 0.6 is 23.2 Å². The first kappa shape index (κ1) is 34.6. The quantitative estimate of drug-likeness (QED) is 0.227. The van der Waals surface area contributed by atoms with Crippen LogP contribution in [0.2, 0.25) is 10.0 Å². The highest BCUT2D eigenvalue weighted by atomic mass is 35.5. The van der Waals surface area contributed by atoms with Gasteiger partial charge in [0.2, 0.25) is 11.8 Å². The molecule has 0 radical (unpaired) electrons. The molecule has 0 aliphatic heterocycles. The van der Waals surface area contributed by atoms with E-state index in [0.717, 1.165) is 44.2 Å². The third-order valence-electron chi connectivity index (χ3n) is 7.76. The number of alkyl halides is 3. The van der Waals surface area contributed by atoms with Gasteiger partial charge in [-0.2, -0.15) is 13.2 Å². The molecular weight excluding hydrogens is 650 g/mol. The minimum absolute atomic E-state index is 0.0494. The van der Waals surface area contributed by atoms with Crippen molar-refractivity contribution in [3.05, 3.63) is 94.0 Å². The van der Waals surface area contributed by atoms with Crippen LogP contribution in [0.25, 0.3) is 0 Å². The number of carbonyl (C=O) groups excluding carboxylic acids is 2. The molecule has 1 N–H and O–H groups in total. The Balaban J connectivity index is 1.77. The lowest BCUT2D eigenvalue weighted by Crippen LogP contribution is -2.54. The maximum atomic E-state index is 14.2. The molecule has 0 spiro atoms. The monoisotopic (exact) mass is 683 g/mol. The van der Waals surface area contributed by atoms with Gasteiger partial charge in [-0.05, 0) is 67.3 Å². The van der Waals surface area contributed by atoms with E-state index in [9.17, 15) is 31.2 Å². The highest BCUT2D eigenvalue weighted by molar-refractivity contribution is 7.92. The number of hydrogen-bond donors (Lipinski definition) is 1. The molecule has 242 valence electrons. The maximum Gasteiger partial charge on any atom is 0.416 e. The van der Waals surface area contributed by atoms with Crippen molar-refractivity contribution in [1.82, 2.24) is 10.2 Å². The van der Waals surface area contributed by atoms with Gasteiger partial charge in [-0.1, -0.05) is 79.7 Å². The smallest absolute Gasteiger partial charge is 0.352 e. The normalized spacial score (nSPS) is 14.9. The Hall–Kier alpha value is -3.28. The molecule has 0 aromatic heterocycles. The number of benzene rings is 3. The van der Waals surface area contributed by atoms with Crippen molar-refractivity contribution in [3.8, 4) is 0 Å². The fraction of sp³-hybridized carbons (Fsp3) is 0.375. The molecular formula is C32H34Cl2F3N3O4S. The highest BCUT2D eigenvalue weighted by Crippen LogP contribution is 2.37. The predicted molar refractivity (Wildman–Crippen MR) is 169 cm³/mol. The Bertz CT molecular complexity index is 1580. The molecule has 13 heteroatoms. The van der Waals surface area contributed by atoms with Crippen molar-refractivity contribution in [1.29, 1.82) is 0 Å². The summed E-state index contributed by atoms with van der Waals surface area (Å²) in [5.74, 6) is -1.19. The van der Waals surface area contributed by atoms with Gasteiger partial charge in [-0.25, -0.2) is 8.42 Å². The summed E-state index contributed by atoms with van der Waals surface area (Å²) in [5.41, 5.74) is -1.04. The molecule has 7 nitrogen and oxygen atoms in total. The van der Waals surface area contributed by atoms with Crippen LogP contribution in [0.3, 0.4) is 0 Å². The molecule has 1 aliphatic carbocycles. The van der Waals surface area contributed by atoms with Crippen LogP contribution < -0.4 is 9.62 Å². The summed E-state index contributed by atoms with van der Waals surface area (Å²) in [5, 5.41) is 3.19. The first-order chi connectivity index (χ1) is 21.3. The van der Waals surface area contributed by atoms with Crippen LogP contribution in [-0.2, 0) is 32.3 Å². The summed E-state index contributed by atoms with van der Waals surface area (Å²) in [7, 11) is -4.61. The van der Waals surface area contributed by atoms with Gasteiger partial charge in [0, 0.05) is 17.6 Å². The number of sulfonamides is 1. The fourth-order valence-electron chi connectivity index (χ4n) is 5.36. The number of amides is 2. The largest absolute Gasteiger partial charge is 0.416 e. The summed E-state index contributed by atoms with van der Waals surface area (Å²) >= 11 is 12.4. The molecule has 1 aliphatic rings. The third kappa shape index (κ3) is 8.71. The van der Waals surface area contributed by atoms with Crippen LogP contribution in [0.15, 0.2) is 77.7 Å². The van der Waals surface area contributed by atoms with E-state index in [4.69, 9.17) is 23.2 Å². The SMILES string of the molecule is CC[C@@H](C(=O)NC1CCCCC1)N(Cc1ccc(Cl)cc1)C(=O)CN(c1cc(C(F)(F)F)ccc1Cl)S(=O)(=O)c1ccccc1. The molecule has 1 fully saturated rings. The number of hydrogen-bond acceptors (Lipinski definition) is 4. The molecule has 0 bridgehead atoms. The van der Waals surface area contributed by atoms with Gasteiger partial charge in [-0.15, -0.1) is 0 Å². The molecule has 0 unspecified atom stereocenters. The maximum absolute atomic E-state index is 14.2. The zero-order valence-electron chi connectivity index (χ0n) is 24.6. The third-order valence-corrected chi connectivity index (χ3v) is 10.1. The van der Waals surface area contributed by atoms with Gasteiger partial charge in [0.25, 0.3) is 10.0 Å². The molecule has 3 aromatic rings. The zero-order valence-corrected chi connectivity index (χ0v) is 26.9. The number of halogens is 5. The van der Waals surface area contributed by atoms with Crippen LogP contribution in [0.4, 0.5) is 18.9 Å². The Morgan fingerprint density at radius 1 is 0.956 bits per heavy atom. The first-order valence-corrected chi connectivity index (χ1v) is 16.8. The molecule has 0 heterocycles. The van der Waals surface area contributed by atoms with Crippen molar-refractivity contribution in [2.24, 2.45) is 0 Å². The van der Waals surface area contributed by atoms with Crippen molar-refractivity contribution in [3.63, 3.8) is 0 Å². The van der Waals surface area contributed by atoms with Gasteiger partial charge in [-0.3, -0.25) is 13.9 Å². The van der Waals surface area contributed by atoms with E-state index in [1.54, 1.807) is 37.3 Å². The van der Waals surface area contributed by atoms with Gasteiger partial charge in [0.15, 0.2) is 0 Å². The fourth-order valence-corrected chi connectivity index (χ4v) is 7.21. The van der Waals surface area contributed by atoms with E-state index < -0.39 is 45.9 Å². The van der Waals surface area contributed by atoms with Crippen molar-refractivity contribution >= 4 is 50.7 Å². The lowest BCUT2D eigenvalue weighted by molar-refractivity contribution is -0.140. The molecule has 1 saturated carbocycles. The number of rotatable bonds is 11. The van der Waals surface area contributed by atoms with E-state index in [1.165, 1.54) is 29.2 Å². The van der Waals surface area contributed by atoms with Crippen molar-refractivity contribution < 1.29 is 31.2 Å². The van der Waals surface area contributed by atoms with Gasteiger partial charge >= 0.3 is 6.18 Å². The second-order valence-electron chi connectivity index (χ2n) is 10.9. The Labute approximate surface area is 271 Å². The summed E-state index contributed by atoms with van der Waals surface area (Å²) in [6.07, 6.45) is 0.0339. The Kier molecular flexibility index (Phi) is 11.4. The van der Waals surface area contributed by atoms with Gasteiger partial charge in [0.1, 0.15) is 12.6 Å². The molecule has 4 rings (SSSR count). The van der Waals surface area contributed by atoms with Crippen LogP contribution in [0.5, 0.6) is 0 Å². The van der Waals surface area contributed by atoms with Gasteiger partial charge < -0.3 is 10.2 Å². The average Bonchev–Trinajstić information content (AvgIpc) is 3.01. The summed E-state index contributed by atoms with van der Waals surface area (Å²) in [4.78, 5) is 28.8. The average molecular weight is 685 g/mol. The summed E-state index contributed by atoms with van der Waals surface area (Å²) < 4.78 is 69.7. The first-order valence-electron chi connectivity index (χ1n) is 14.6. The lowest BCUT2D eigenvalue weighted by atomic mass is 9.95. The van der Waals surface area contributed by atoms with E-state index in [-0.39, 0.29) is 34.8 Å². The second-order valence-corrected chi connectivity index (χ2v) is 13.6. The molecule has 0 saturated heterocycles. The molecule has 45 heavy (non-hydrogen) atoms. The van der Waals surface area contributed by atoms with Crippen molar-refractivity contribution in [2.45, 2.75) is 75.1 Å². The minimum atomic E-state index is -4.81. The van der Waals surface area contributed by atoms with Crippen LogP contribution in [-0.4, -0.2) is 43.8 Å². The number of nitrogens with zero attached hydrogens (tertiary/aromatic N) is 2. The summed E-state index contributed by atoms with van der Waals surface area (Å²) in [6.45, 7) is 0.733. The number of carbonyl (C=O) groups is 2. The highest BCUT2D eigenvalue weighted by Gasteiger charge is 2.37. The second kappa shape index (κ2) is 14.9. The minimum Gasteiger partial charge on any atom is -0.352 e. The van der Waals surface area contributed by atoms with Gasteiger partial charge in [0.05, 0.1) is 21.2 Å². The predicted octanol–water partition coefficient (Wildman–Crippen LogP) is 7.46. The van der Waals surface area contributed by atoms with Crippen LogP contribution in [0, 0.1) is 0 Å². The zero-order chi connectivity index (χ0) is 32.8. The molecule has 3 aromatic carbocycles. The van der Waals surface area contributed by atoms with Crippen LogP contribution in [0.1, 0.15) is 56.6 Å². The lowest BCUT2D eigenvalue weighted by Gasteiger charge is -2.34. The van der Waals surface area contributed by atoms with E-state index in [0.29, 0.717) is 21.0 Å². The van der Waals surface area contributed by atoms with E-state index in [1.807, 2.05) is 0 Å².